The standard InChI is InChI=1S/C10H19NO3S/c12-10-2-1-9(7-10)8-11-3-5-15(13,14)6-4-11/h9-10,12H,1-8H2. The Balaban J connectivity index is 1.77. The Morgan fingerprint density at radius 3 is 2.40 bits per heavy atom. The highest BCUT2D eigenvalue weighted by molar-refractivity contribution is 7.91. The minimum absolute atomic E-state index is 0.122. The maximum absolute atomic E-state index is 11.2. The first-order chi connectivity index (χ1) is 7.05. The first kappa shape index (κ1) is 11.4. The van der Waals surface area contributed by atoms with Crippen LogP contribution in [0.3, 0.4) is 0 Å². The van der Waals surface area contributed by atoms with Crippen molar-refractivity contribution >= 4 is 9.84 Å². The molecule has 0 radical (unpaired) electrons. The molecule has 0 bridgehead atoms. The summed E-state index contributed by atoms with van der Waals surface area (Å²) in [4.78, 5) is 2.23. The van der Waals surface area contributed by atoms with Crippen LogP contribution in [0, 0.1) is 5.92 Å². The van der Waals surface area contributed by atoms with Crippen molar-refractivity contribution in [3.8, 4) is 0 Å². The van der Waals surface area contributed by atoms with Gasteiger partial charge in [-0.2, -0.15) is 0 Å². The average molecular weight is 233 g/mol. The van der Waals surface area contributed by atoms with E-state index in [1.165, 1.54) is 0 Å². The number of hydrogen-bond acceptors (Lipinski definition) is 4. The highest BCUT2D eigenvalue weighted by Gasteiger charge is 2.27. The van der Waals surface area contributed by atoms with E-state index in [2.05, 4.69) is 4.90 Å². The number of nitrogens with zero attached hydrogens (tertiary/aromatic N) is 1. The van der Waals surface area contributed by atoms with Crippen molar-refractivity contribution in [2.75, 3.05) is 31.1 Å². The number of hydrogen-bond donors (Lipinski definition) is 1. The molecule has 0 aromatic rings. The predicted octanol–water partition coefficient (Wildman–Crippen LogP) is -0.122. The van der Waals surface area contributed by atoms with Crippen LogP contribution in [0.4, 0.5) is 0 Å². The van der Waals surface area contributed by atoms with Crippen LogP contribution in [0.15, 0.2) is 0 Å². The summed E-state index contributed by atoms with van der Waals surface area (Å²) in [7, 11) is -2.75. The van der Waals surface area contributed by atoms with Crippen LogP contribution in [0.2, 0.25) is 0 Å². The highest BCUT2D eigenvalue weighted by Crippen LogP contribution is 2.26. The number of aliphatic hydroxyl groups is 1. The van der Waals surface area contributed by atoms with Gasteiger partial charge >= 0.3 is 0 Å². The van der Waals surface area contributed by atoms with E-state index in [4.69, 9.17) is 0 Å². The van der Waals surface area contributed by atoms with Gasteiger partial charge in [-0.25, -0.2) is 8.42 Å². The molecule has 15 heavy (non-hydrogen) atoms. The minimum Gasteiger partial charge on any atom is -0.393 e. The molecule has 0 aromatic heterocycles. The minimum atomic E-state index is -2.75. The zero-order valence-corrected chi connectivity index (χ0v) is 9.75. The molecule has 1 saturated heterocycles. The highest BCUT2D eigenvalue weighted by atomic mass is 32.2. The van der Waals surface area contributed by atoms with Crippen LogP contribution < -0.4 is 0 Å². The van der Waals surface area contributed by atoms with Crippen molar-refractivity contribution in [2.45, 2.75) is 25.4 Å². The Morgan fingerprint density at radius 1 is 1.20 bits per heavy atom. The first-order valence-electron chi connectivity index (χ1n) is 5.66. The lowest BCUT2D eigenvalue weighted by molar-refractivity contribution is 0.169. The summed E-state index contributed by atoms with van der Waals surface area (Å²) < 4.78 is 22.4. The maximum atomic E-state index is 11.2. The van der Waals surface area contributed by atoms with Crippen molar-refractivity contribution in [1.29, 1.82) is 0 Å². The van der Waals surface area contributed by atoms with Gasteiger partial charge < -0.3 is 10.0 Å². The molecule has 2 unspecified atom stereocenters. The van der Waals surface area contributed by atoms with Gasteiger partial charge in [0.2, 0.25) is 0 Å². The summed E-state index contributed by atoms with van der Waals surface area (Å²) >= 11 is 0. The van der Waals surface area contributed by atoms with Gasteiger partial charge in [0.15, 0.2) is 9.84 Å². The molecule has 1 N–H and O–H groups in total. The molecule has 2 rings (SSSR count). The molecule has 0 spiro atoms. The zero-order valence-electron chi connectivity index (χ0n) is 8.93. The molecule has 88 valence electrons. The lowest BCUT2D eigenvalue weighted by Gasteiger charge is -2.28. The van der Waals surface area contributed by atoms with E-state index in [1.807, 2.05) is 0 Å². The third-order valence-electron chi connectivity index (χ3n) is 3.47. The second-order valence-corrected chi connectivity index (χ2v) is 7.09. The maximum Gasteiger partial charge on any atom is 0.152 e. The number of rotatable bonds is 2. The molecular weight excluding hydrogens is 214 g/mol. The fraction of sp³-hybridized carbons (Fsp3) is 1.00. The summed E-state index contributed by atoms with van der Waals surface area (Å²) in [5, 5.41) is 9.40. The molecule has 5 heteroatoms. The van der Waals surface area contributed by atoms with Crippen LogP contribution in [0.25, 0.3) is 0 Å². The van der Waals surface area contributed by atoms with Crippen LogP contribution in [0.1, 0.15) is 19.3 Å². The van der Waals surface area contributed by atoms with E-state index in [0.29, 0.717) is 30.5 Å². The monoisotopic (exact) mass is 233 g/mol. The van der Waals surface area contributed by atoms with Crippen molar-refractivity contribution in [3.05, 3.63) is 0 Å². The normalized spacial score (nSPS) is 36.9. The second kappa shape index (κ2) is 4.39. The summed E-state index contributed by atoms with van der Waals surface area (Å²) in [6, 6.07) is 0. The predicted molar refractivity (Wildman–Crippen MR) is 58.4 cm³/mol. The van der Waals surface area contributed by atoms with Crippen LogP contribution >= 0.6 is 0 Å². The van der Waals surface area contributed by atoms with Crippen molar-refractivity contribution < 1.29 is 13.5 Å². The average Bonchev–Trinajstić information content (AvgIpc) is 2.55. The Bertz CT molecular complexity index is 301. The number of sulfone groups is 1. The smallest absolute Gasteiger partial charge is 0.152 e. The Kier molecular flexibility index (Phi) is 3.33. The van der Waals surface area contributed by atoms with Crippen LogP contribution in [0.5, 0.6) is 0 Å². The molecule has 2 fully saturated rings. The molecule has 2 atom stereocenters. The van der Waals surface area contributed by atoms with Crippen LogP contribution in [-0.4, -0.2) is 55.7 Å². The lowest BCUT2D eigenvalue weighted by Crippen LogP contribution is -2.42. The van der Waals surface area contributed by atoms with Gasteiger partial charge in [0.05, 0.1) is 17.6 Å². The summed E-state index contributed by atoms with van der Waals surface area (Å²) in [5.41, 5.74) is 0. The van der Waals surface area contributed by atoms with Gasteiger partial charge in [0.1, 0.15) is 0 Å². The fourth-order valence-electron chi connectivity index (χ4n) is 2.51. The summed E-state index contributed by atoms with van der Waals surface area (Å²) in [6.45, 7) is 2.32. The second-order valence-electron chi connectivity index (χ2n) is 4.79. The molecular formula is C10H19NO3S. The summed E-state index contributed by atoms with van der Waals surface area (Å²) in [6.07, 6.45) is 2.77. The fourth-order valence-corrected chi connectivity index (χ4v) is 3.79. The number of aliphatic hydroxyl groups excluding tert-OH is 1. The molecule has 0 aromatic carbocycles. The van der Waals surface area contributed by atoms with Gasteiger partial charge in [-0.05, 0) is 25.2 Å². The van der Waals surface area contributed by atoms with E-state index in [0.717, 1.165) is 25.8 Å². The van der Waals surface area contributed by atoms with E-state index in [-0.39, 0.29) is 6.10 Å². The first-order valence-corrected chi connectivity index (χ1v) is 7.48. The van der Waals surface area contributed by atoms with E-state index in [9.17, 15) is 13.5 Å². The molecule has 4 nitrogen and oxygen atoms in total. The van der Waals surface area contributed by atoms with Gasteiger partial charge in [-0.15, -0.1) is 0 Å². The Labute approximate surface area is 91.2 Å². The van der Waals surface area contributed by atoms with E-state index >= 15 is 0 Å². The molecule has 2 aliphatic rings. The van der Waals surface area contributed by atoms with E-state index < -0.39 is 9.84 Å². The topological polar surface area (TPSA) is 57.6 Å². The molecule has 1 heterocycles. The molecule has 1 saturated carbocycles. The van der Waals surface area contributed by atoms with Gasteiger partial charge in [-0.3, -0.25) is 0 Å². The van der Waals surface area contributed by atoms with Crippen LogP contribution in [-0.2, 0) is 9.84 Å². The Hall–Kier alpha value is -0.130. The quantitative estimate of drug-likeness (QED) is 0.722. The molecule has 1 aliphatic carbocycles. The Morgan fingerprint density at radius 2 is 1.87 bits per heavy atom. The van der Waals surface area contributed by atoms with Crippen molar-refractivity contribution in [1.82, 2.24) is 4.90 Å². The van der Waals surface area contributed by atoms with Crippen molar-refractivity contribution in [3.63, 3.8) is 0 Å². The summed E-state index contributed by atoms with van der Waals surface area (Å²) in [5.74, 6) is 1.19. The van der Waals surface area contributed by atoms with Crippen molar-refractivity contribution in [2.24, 2.45) is 5.92 Å². The van der Waals surface area contributed by atoms with Gasteiger partial charge in [-0.1, -0.05) is 0 Å². The largest absolute Gasteiger partial charge is 0.393 e. The van der Waals surface area contributed by atoms with Gasteiger partial charge in [0.25, 0.3) is 0 Å². The zero-order chi connectivity index (χ0) is 10.9. The third-order valence-corrected chi connectivity index (χ3v) is 5.08. The van der Waals surface area contributed by atoms with E-state index in [1.54, 1.807) is 0 Å². The van der Waals surface area contributed by atoms with Gasteiger partial charge in [0, 0.05) is 19.6 Å². The molecule has 1 aliphatic heterocycles. The SMILES string of the molecule is O=S1(=O)CCN(CC2CCC(O)C2)CC1. The lowest BCUT2D eigenvalue weighted by atomic mass is 10.1. The third kappa shape index (κ3) is 3.16. The molecule has 0 amide bonds.